The molecule has 0 aromatic rings. The molecule has 2 amide bonds. The molecule has 0 aromatic carbocycles. The van der Waals surface area contributed by atoms with E-state index >= 15 is 0 Å². The molecule has 1 aliphatic carbocycles. The van der Waals surface area contributed by atoms with Gasteiger partial charge in [-0.3, -0.25) is 10.7 Å². The van der Waals surface area contributed by atoms with E-state index in [0.29, 0.717) is 17.7 Å². The average Bonchev–Trinajstić information content (AvgIpc) is 2.55. The molecule has 102 valence electrons. The number of hydrogen-bond donors (Lipinski definition) is 2. The Morgan fingerprint density at radius 3 is 2.50 bits per heavy atom. The van der Waals surface area contributed by atoms with Gasteiger partial charge in [0.1, 0.15) is 5.84 Å². The summed E-state index contributed by atoms with van der Waals surface area (Å²) < 4.78 is 0. The topological polar surface area (TPSA) is 56.2 Å². The summed E-state index contributed by atoms with van der Waals surface area (Å²) in [6, 6.07) is -0.0651. The van der Waals surface area contributed by atoms with Crippen LogP contribution in [0, 0.1) is 23.2 Å². The molecular formula is C14H25N3O. The number of rotatable bonds is 3. The first-order valence-electron chi connectivity index (χ1n) is 7.15. The minimum Gasteiger partial charge on any atom is -0.314 e. The zero-order chi connectivity index (χ0) is 13.3. The highest BCUT2D eigenvalue weighted by atomic mass is 16.2. The third-order valence-corrected chi connectivity index (χ3v) is 4.20. The number of nitrogens with zero attached hydrogens (tertiary/aromatic N) is 1. The van der Waals surface area contributed by atoms with Gasteiger partial charge in [-0.1, -0.05) is 33.6 Å². The monoisotopic (exact) mass is 251 g/mol. The van der Waals surface area contributed by atoms with Crippen LogP contribution in [-0.4, -0.2) is 29.4 Å². The van der Waals surface area contributed by atoms with Crippen LogP contribution in [0.4, 0.5) is 4.79 Å². The van der Waals surface area contributed by atoms with Crippen molar-refractivity contribution in [2.75, 3.05) is 6.54 Å². The second kappa shape index (κ2) is 5.29. The van der Waals surface area contributed by atoms with Gasteiger partial charge in [-0.2, -0.15) is 0 Å². The van der Waals surface area contributed by atoms with Gasteiger partial charge in [0.15, 0.2) is 0 Å². The third-order valence-electron chi connectivity index (χ3n) is 4.20. The summed E-state index contributed by atoms with van der Waals surface area (Å²) in [7, 11) is 0. The lowest BCUT2D eigenvalue weighted by Gasteiger charge is -2.35. The van der Waals surface area contributed by atoms with Gasteiger partial charge in [0.2, 0.25) is 0 Å². The Kier molecular flexibility index (Phi) is 3.93. The van der Waals surface area contributed by atoms with Crippen molar-refractivity contribution in [3.05, 3.63) is 0 Å². The van der Waals surface area contributed by atoms with Crippen molar-refractivity contribution in [3.63, 3.8) is 0 Å². The number of hydrogen-bond acceptors (Lipinski definition) is 2. The fourth-order valence-corrected chi connectivity index (χ4v) is 3.22. The van der Waals surface area contributed by atoms with E-state index < -0.39 is 0 Å². The summed E-state index contributed by atoms with van der Waals surface area (Å²) in [6.45, 7) is 7.29. The third kappa shape index (κ3) is 2.68. The molecular weight excluding hydrogens is 226 g/mol. The number of amides is 2. The Morgan fingerprint density at radius 2 is 1.94 bits per heavy atom. The first-order valence-corrected chi connectivity index (χ1v) is 7.15. The molecule has 0 radical (unpaired) electrons. The molecule has 18 heavy (non-hydrogen) atoms. The molecule has 0 bridgehead atoms. The second-order valence-corrected chi connectivity index (χ2v) is 6.35. The van der Waals surface area contributed by atoms with Crippen molar-refractivity contribution in [1.29, 1.82) is 5.41 Å². The number of amidine groups is 1. The number of carbonyl (C=O) groups is 1. The smallest absolute Gasteiger partial charge is 0.314 e. The maximum atomic E-state index is 11.9. The maximum Gasteiger partial charge on any atom is 0.323 e. The Labute approximate surface area is 110 Å². The molecule has 1 saturated heterocycles. The number of nitrogens with one attached hydrogen (secondary N) is 2. The molecule has 2 aliphatic rings. The summed E-state index contributed by atoms with van der Waals surface area (Å²) in [6.07, 6.45) is 4.77. The van der Waals surface area contributed by atoms with Crippen LogP contribution in [0.2, 0.25) is 0 Å². The van der Waals surface area contributed by atoms with Crippen LogP contribution in [-0.2, 0) is 0 Å². The number of carbonyl (C=O) groups excluding carboxylic acids is 1. The zero-order valence-electron chi connectivity index (χ0n) is 11.7. The lowest BCUT2D eigenvalue weighted by molar-refractivity contribution is 0.159. The van der Waals surface area contributed by atoms with E-state index in [1.807, 2.05) is 4.90 Å². The highest BCUT2D eigenvalue weighted by Crippen LogP contribution is 2.34. The van der Waals surface area contributed by atoms with Crippen LogP contribution in [0.15, 0.2) is 0 Å². The quantitative estimate of drug-likeness (QED) is 0.796. The molecule has 1 unspecified atom stereocenters. The van der Waals surface area contributed by atoms with Gasteiger partial charge in [0, 0.05) is 6.54 Å². The van der Waals surface area contributed by atoms with Gasteiger partial charge in [-0.05, 0) is 30.6 Å². The van der Waals surface area contributed by atoms with Crippen LogP contribution in [0.5, 0.6) is 0 Å². The van der Waals surface area contributed by atoms with Gasteiger partial charge in [0.05, 0.1) is 6.04 Å². The first-order chi connectivity index (χ1) is 8.49. The van der Waals surface area contributed by atoms with E-state index in [2.05, 4.69) is 26.1 Å². The summed E-state index contributed by atoms with van der Waals surface area (Å²) in [5.41, 5.74) is 0. The van der Waals surface area contributed by atoms with Crippen molar-refractivity contribution in [1.82, 2.24) is 10.2 Å². The fourth-order valence-electron chi connectivity index (χ4n) is 3.22. The highest BCUT2D eigenvalue weighted by Gasteiger charge is 2.41. The normalized spacial score (nSPS) is 33.1. The Hall–Kier alpha value is -1.06. The van der Waals surface area contributed by atoms with E-state index in [9.17, 15) is 4.79 Å². The van der Waals surface area contributed by atoms with Crippen molar-refractivity contribution in [3.8, 4) is 0 Å². The lowest BCUT2D eigenvalue weighted by Crippen LogP contribution is -2.43. The van der Waals surface area contributed by atoms with E-state index in [-0.39, 0.29) is 12.1 Å². The van der Waals surface area contributed by atoms with Crippen LogP contribution in [0.25, 0.3) is 0 Å². The molecule has 1 heterocycles. The first kappa shape index (κ1) is 13.4. The van der Waals surface area contributed by atoms with Gasteiger partial charge < -0.3 is 4.90 Å². The molecule has 2 fully saturated rings. The Balaban J connectivity index is 2.08. The summed E-state index contributed by atoms with van der Waals surface area (Å²) in [5, 5.41) is 10.7. The second-order valence-electron chi connectivity index (χ2n) is 6.35. The standard InChI is InChI=1S/C14H25N3O/c1-9(2)8-17-12(13(15)16-14(17)18)11-6-4-10(3)5-7-11/h9-12H,4-8H2,1-3H3,(H2,15,16,18). The molecule has 0 aromatic heterocycles. The van der Waals surface area contributed by atoms with Gasteiger partial charge in [0.25, 0.3) is 0 Å². The van der Waals surface area contributed by atoms with Crippen molar-refractivity contribution >= 4 is 11.9 Å². The maximum absolute atomic E-state index is 11.9. The van der Waals surface area contributed by atoms with Crippen molar-refractivity contribution < 1.29 is 4.79 Å². The predicted octanol–water partition coefficient (Wildman–Crippen LogP) is 2.84. The van der Waals surface area contributed by atoms with Gasteiger partial charge in [-0.25, -0.2) is 4.79 Å². The minimum absolute atomic E-state index is 0.00685. The predicted molar refractivity (Wildman–Crippen MR) is 72.7 cm³/mol. The zero-order valence-corrected chi connectivity index (χ0v) is 11.7. The van der Waals surface area contributed by atoms with Crippen LogP contribution in [0.3, 0.4) is 0 Å². The summed E-state index contributed by atoms with van der Waals surface area (Å²) in [5.74, 6) is 2.15. The molecule has 1 aliphatic heterocycles. The van der Waals surface area contributed by atoms with E-state index in [4.69, 9.17) is 5.41 Å². The molecule has 1 atom stereocenters. The molecule has 0 spiro atoms. The average molecular weight is 251 g/mol. The Morgan fingerprint density at radius 1 is 1.33 bits per heavy atom. The van der Waals surface area contributed by atoms with E-state index in [0.717, 1.165) is 25.3 Å². The summed E-state index contributed by atoms with van der Waals surface area (Å²) >= 11 is 0. The highest BCUT2D eigenvalue weighted by molar-refractivity contribution is 6.05. The Bertz CT molecular complexity index is 332. The summed E-state index contributed by atoms with van der Waals surface area (Å²) in [4.78, 5) is 13.8. The van der Waals surface area contributed by atoms with Crippen LogP contribution < -0.4 is 5.32 Å². The number of urea groups is 1. The van der Waals surface area contributed by atoms with E-state index in [1.54, 1.807) is 0 Å². The van der Waals surface area contributed by atoms with Gasteiger partial charge >= 0.3 is 6.03 Å². The van der Waals surface area contributed by atoms with Crippen molar-refractivity contribution in [2.24, 2.45) is 17.8 Å². The minimum atomic E-state index is -0.0719. The lowest BCUT2D eigenvalue weighted by atomic mass is 9.78. The van der Waals surface area contributed by atoms with Crippen LogP contribution >= 0.6 is 0 Å². The fraction of sp³-hybridized carbons (Fsp3) is 0.857. The SMILES string of the molecule is CC(C)CN1C(=O)NC(=N)C1C1CCC(C)CC1. The van der Waals surface area contributed by atoms with Crippen molar-refractivity contribution in [2.45, 2.75) is 52.5 Å². The van der Waals surface area contributed by atoms with Crippen LogP contribution in [0.1, 0.15) is 46.5 Å². The molecule has 1 saturated carbocycles. The van der Waals surface area contributed by atoms with E-state index in [1.165, 1.54) is 12.8 Å². The molecule has 2 N–H and O–H groups in total. The largest absolute Gasteiger partial charge is 0.323 e. The molecule has 2 rings (SSSR count). The molecule has 4 nitrogen and oxygen atoms in total. The van der Waals surface area contributed by atoms with Gasteiger partial charge in [-0.15, -0.1) is 0 Å². The molecule has 4 heteroatoms.